The highest BCUT2D eigenvalue weighted by molar-refractivity contribution is 7.15. The van der Waals surface area contributed by atoms with Crippen LogP contribution in [-0.4, -0.2) is 27.8 Å². The largest absolute Gasteiger partial charge is 0.497 e. The molecule has 0 spiro atoms. The number of fused-ring (bicyclic) bond motifs is 1. The first-order valence-corrected chi connectivity index (χ1v) is 7.70. The summed E-state index contributed by atoms with van der Waals surface area (Å²) in [4.78, 5) is 11.9. The van der Waals surface area contributed by atoms with Gasteiger partial charge < -0.3 is 14.6 Å². The Morgan fingerprint density at radius 2 is 2.23 bits per heavy atom. The van der Waals surface area contributed by atoms with Crippen molar-refractivity contribution in [3.8, 4) is 5.75 Å². The van der Waals surface area contributed by atoms with Gasteiger partial charge >= 0.3 is 0 Å². The molecule has 6 nitrogen and oxygen atoms in total. The highest BCUT2D eigenvalue weighted by Gasteiger charge is 2.08. The van der Waals surface area contributed by atoms with E-state index in [-0.39, 0.29) is 5.91 Å². The first kappa shape index (κ1) is 14.5. The van der Waals surface area contributed by atoms with E-state index in [4.69, 9.17) is 4.74 Å². The molecule has 1 aromatic carbocycles. The topological polar surface area (TPSA) is 69.0 Å². The Labute approximate surface area is 131 Å². The Hall–Kier alpha value is -2.41. The van der Waals surface area contributed by atoms with Gasteiger partial charge in [0, 0.05) is 30.1 Å². The van der Waals surface area contributed by atoms with Crippen molar-refractivity contribution < 1.29 is 9.53 Å². The van der Waals surface area contributed by atoms with Crippen molar-refractivity contribution in [3.63, 3.8) is 0 Å². The van der Waals surface area contributed by atoms with E-state index in [2.05, 4.69) is 20.1 Å². The highest BCUT2D eigenvalue weighted by Crippen LogP contribution is 2.22. The van der Waals surface area contributed by atoms with Gasteiger partial charge in [0.25, 0.3) is 0 Å². The van der Waals surface area contributed by atoms with E-state index in [1.165, 1.54) is 11.3 Å². The Morgan fingerprint density at radius 3 is 2.95 bits per heavy atom. The summed E-state index contributed by atoms with van der Waals surface area (Å²) < 4.78 is 7.27. The molecule has 0 atom stereocenters. The normalized spacial score (nSPS) is 10.8. The summed E-state index contributed by atoms with van der Waals surface area (Å²) in [6, 6.07) is 7.92. The lowest BCUT2D eigenvalue weighted by atomic mass is 10.2. The Kier molecular flexibility index (Phi) is 4.06. The number of aryl methyl sites for hydroxylation is 2. The summed E-state index contributed by atoms with van der Waals surface area (Å²) in [6.07, 6.45) is 2.36. The first-order valence-electron chi connectivity index (χ1n) is 6.88. The van der Waals surface area contributed by atoms with Crippen molar-refractivity contribution in [1.82, 2.24) is 14.8 Å². The summed E-state index contributed by atoms with van der Waals surface area (Å²) in [7, 11) is 1.65. The fourth-order valence-electron chi connectivity index (χ4n) is 2.25. The molecule has 0 bridgehead atoms. The molecule has 0 aliphatic carbocycles. The summed E-state index contributed by atoms with van der Waals surface area (Å²) in [5, 5.41) is 13.0. The highest BCUT2D eigenvalue weighted by atomic mass is 32.1. The smallest absolute Gasteiger partial charge is 0.227 e. The molecule has 1 amide bonds. The number of carbonyl (C=O) groups is 1. The lowest BCUT2D eigenvalue weighted by Gasteiger charge is -2.06. The fraction of sp³-hybridized carbons (Fsp3) is 0.267. The van der Waals surface area contributed by atoms with Crippen molar-refractivity contribution >= 4 is 33.3 Å². The summed E-state index contributed by atoms with van der Waals surface area (Å²) in [6.45, 7) is 2.47. The molecule has 0 aliphatic rings. The second-order valence-electron chi connectivity index (χ2n) is 4.86. The molecule has 0 saturated heterocycles. The Bertz CT molecular complexity index is 809. The number of hydrogen-bond acceptors (Lipinski definition) is 5. The quantitative estimate of drug-likeness (QED) is 0.786. The molecule has 3 rings (SSSR count). The van der Waals surface area contributed by atoms with E-state index >= 15 is 0 Å². The molecule has 2 heterocycles. The SMILES string of the molecule is COc1ccc2c(ccn2CCC(=O)Nc2nnc(C)s2)c1. The van der Waals surface area contributed by atoms with Crippen LogP contribution in [0, 0.1) is 6.92 Å². The van der Waals surface area contributed by atoms with Gasteiger partial charge in [0.2, 0.25) is 11.0 Å². The number of hydrogen-bond donors (Lipinski definition) is 1. The van der Waals surface area contributed by atoms with Crippen molar-refractivity contribution in [3.05, 3.63) is 35.5 Å². The number of nitrogens with one attached hydrogen (secondary N) is 1. The van der Waals surface area contributed by atoms with E-state index in [9.17, 15) is 4.79 Å². The lowest BCUT2D eigenvalue weighted by Crippen LogP contribution is -2.14. The summed E-state index contributed by atoms with van der Waals surface area (Å²) in [5.41, 5.74) is 1.08. The molecule has 22 heavy (non-hydrogen) atoms. The number of amides is 1. The summed E-state index contributed by atoms with van der Waals surface area (Å²) in [5.74, 6) is 0.765. The number of rotatable bonds is 5. The van der Waals surface area contributed by atoms with Crippen molar-refractivity contribution in [1.29, 1.82) is 0 Å². The number of benzene rings is 1. The van der Waals surface area contributed by atoms with Crippen LogP contribution < -0.4 is 10.1 Å². The average molecular weight is 316 g/mol. The Balaban J connectivity index is 1.65. The zero-order valence-corrected chi connectivity index (χ0v) is 13.2. The van der Waals surface area contributed by atoms with E-state index in [0.29, 0.717) is 18.1 Å². The van der Waals surface area contributed by atoms with E-state index in [0.717, 1.165) is 21.7 Å². The third-order valence-electron chi connectivity index (χ3n) is 3.33. The molecule has 0 unspecified atom stereocenters. The van der Waals surface area contributed by atoms with Gasteiger partial charge in [-0.05, 0) is 31.2 Å². The molecule has 2 aromatic heterocycles. The van der Waals surface area contributed by atoms with Crippen molar-refractivity contribution in [2.75, 3.05) is 12.4 Å². The van der Waals surface area contributed by atoms with Gasteiger partial charge in [-0.3, -0.25) is 4.79 Å². The molecule has 114 valence electrons. The molecule has 3 aromatic rings. The third-order valence-corrected chi connectivity index (χ3v) is 4.08. The summed E-state index contributed by atoms with van der Waals surface area (Å²) >= 11 is 1.37. The number of anilines is 1. The number of methoxy groups -OCH3 is 1. The molecular formula is C15H16N4O2S. The zero-order valence-electron chi connectivity index (χ0n) is 12.4. The standard InChI is InChI=1S/C15H16N4O2S/c1-10-17-18-15(22-10)16-14(20)6-8-19-7-5-11-9-12(21-2)3-4-13(11)19/h3-5,7,9H,6,8H2,1-2H3,(H,16,18,20). The van der Waals surface area contributed by atoms with Crippen LogP contribution in [0.5, 0.6) is 5.75 Å². The van der Waals surface area contributed by atoms with Gasteiger partial charge in [0.15, 0.2) is 0 Å². The van der Waals surface area contributed by atoms with Crippen LogP contribution >= 0.6 is 11.3 Å². The zero-order chi connectivity index (χ0) is 15.5. The minimum atomic E-state index is -0.0634. The predicted octanol–water partition coefficient (Wildman–Crippen LogP) is 2.84. The van der Waals surface area contributed by atoms with Crippen LogP contribution in [0.25, 0.3) is 10.9 Å². The molecule has 1 N–H and O–H groups in total. The van der Waals surface area contributed by atoms with E-state index in [1.54, 1.807) is 7.11 Å². The van der Waals surface area contributed by atoms with Gasteiger partial charge in [-0.2, -0.15) is 0 Å². The van der Waals surface area contributed by atoms with Gasteiger partial charge in [0.05, 0.1) is 7.11 Å². The first-order chi connectivity index (χ1) is 10.7. The van der Waals surface area contributed by atoms with E-state index < -0.39 is 0 Å². The number of carbonyl (C=O) groups excluding carboxylic acids is 1. The van der Waals surface area contributed by atoms with Gasteiger partial charge in [-0.1, -0.05) is 11.3 Å². The number of nitrogens with zero attached hydrogens (tertiary/aromatic N) is 3. The van der Waals surface area contributed by atoms with Gasteiger partial charge in [0.1, 0.15) is 10.8 Å². The maximum absolute atomic E-state index is 11.9. The van der Waals surface area contributed by atoms with Crippen molar-refractivity contribution in [2.24, 2.45) is 0 Å². The van der Waals surface area contributed by atoms with Crippen LogP contribution in [0.4, 0.5) is 5.13 Å². The maximum atomic E-state index is 11.9. The average Bonchev–Trinajstić information content (AvgIpc) is 3.10. The molecule has 0 fully saturated rings. The third kappa shape index (κ3) is 3.09. The second kappa shape index (κ2) is 6.15. The monoisotopic (exact) mass is 316 g/mol. The van der Waals surface area contributed by atoms with E-state index in [1.807, 2.05) is 37.4 Å². The lowest BCUT2D eigenvalue weighted by molar-refractivity contribution is -0.116. The second-order valence-corrected chi connectivity index (χ2v) is 6.04. The predicted molar refractivity (Wildman–Crippen MR) is 86.4 cm³/mol. The molecule has 0 radical (unpaired) electrons. The molecule has 7 heteroatoms. The van der Waals surface area contributed by atoms with Gasteiger partial charge in [-0.25, -0.2) is 0 Å². The number of ether oxygens (including phenoxy) is 1. The Morgan fingerprint density at radius 1 is 1.36 bits per heavy atom. The van der Waals surface area contributed by atoms with Crippen LogP contribution in [0.2, 0.25) is 0 Å². The molecular weight excluding hydrogens is 300 g/mol. The molecule has 0 saturated carbocycles. The minimum absolute atomic E-state index is 0.0634. The van der Waals surface area contributed by atoms with Crippen LogP contribution in [0.3, 0.4) is 0 Å². The van der Waals surface area contributed by atoms with Crippen LogP contribution in [0.1, 0.15) is 11.4 Å². The minimum Gasteiger partial charge on any atom is -0.497 e. The maximum Gasteiger partial charge on any atom is 0.227 e. The van der Waals surface area contributed by atoms with Crippen LogP contribution in [-0.2, 0) is 11.3 Å². The van der Waals surface area contributed by atoms with Gasteiger partial charge in [-0.15, -0.1) is 10.2 Å². The van der Waals surface area contributed by atoms with Crippen LogP contribution in [0.15, 0.2) is 30.5 Å². The molecule has 0 aliphatic heterocycles. The fourth-order valence-corrected chi connectivity index (χ4v) is 2.86. The van der Waals surface area contributed by atoms with Crippen molar-refractivity contribution in [2.45, 2.75) is 19.9 Å². The number of aromatic nitrogens is 3.